The first-order valence-electron chi connectivity index (χ1n) is 8.61. The van der Waals surface area contributed by atoms with E-state index in [0.29, 0.717) is 24.3 Å². The van der Waals surface area contributed by atoms with E-state index in [-0.39, 0.29) is 17.5 Å². The molecule has 0 unspecified atom stereocenters. The molecule has 28 heavy (non-hydrogen) atoms. The van der Waals surface area contributed by atoms with Crippen LogP contribution < -0.4 is 9.62 Å². The standard InChI is InChI=1S/C19H17FN4O3S/c20-15-5-7-16(8-6-15)22-18(25)11-23-12-19(21-13-23)28(26,27)24-10-9-14-3-1-2-4-17(14)24/h1-8,12-13H,9-11H2,(H,22,25). The molecular weight excluding hydrogens is 383 g/mol. The molecule has 144 valence electrons. The molecule has 1 N–H and O–H groups in total. The number of fused-ring (bicyclic) bond motifs is 1. The van der Waals surface area contributed by atoms with Gasteiger partial charge in [0.2, 0.25) is 5.91 Å². The molecular formula is C19H17FN4O3S. The minimum atomic E-state index is -3.80. The van der Waals surface area contributed by atoms with E-state index in [2.05, 4.69) is 10.3 Å². The number of nitrogens with zero attached hydrogens (tertiary/aromatic N) is 3. The third-order valence-electron chi connectivity index (χ3n) is 4.46. The number of imidazole rings is 1. The van der Waals surface area contributed by atoms with Crippen molar-refractivity contribution >= 4 is 27.3 Å². The van der Waals surface area contributed by atoms with Crippen molar-refractivity contribution in [3.05, 3.63) is 72.4 Å². The first kappa shape index (κ1) is 18.2. The number of halogens is 1. The summed E-state index contributed by atoms with van der Waals surface area (Å²) in [7, 11) is -3.80. The van der Waals surface area contributed by atoms with Crippen LogP contribution in [0.2, 0.25) is 0 Å². The number of para-hydroxylation sites is 1. The summed E-state index contributed by atoms with van der Waals surface area (Å²) in [4.78, 5) is 16.1. The molecule has 0 bridgehead atoms. The van der Waals surface area contributed by atoms with Crippen molar-refractivity contribution in [3.63, 3.8) is 0 Å². The molecule has 3 aromatic rings. The molecule has 1 aromatic heterocycles. The first-order valence-corrected chi connectivity index (χ1v) is 10.1. The quantitative estimate of drug-likeness (QED) is 0.713. The van der Waals surface area contributed by atoms with E-state index < -0.39 is 15.8 Å². The zero-order chi connectivity index (χ0) is 19.7. The van der Waals surface area contributed by atoms with Gasteiger partial charge in [0.05, 0.1) is 12.0 Å². The number of sulfonamides is 1. The molecule has 1 amide bonds. The smallest absolute Gasteiger partial charge is 0.283 e. The van der Waals surface area contributed by atoms with Gasteiger partial charge >= 0.3 is 0 Å². The molecule has 0 spiro atoms. The van der Waals surface area contributed by atoms with Crippen LogP contribution in [0, 0.1) is 5.82 Å². The Balaban J connectivity index is 1.48. The van der Waals surface area contributed by atoms with Gasteiger partial charge in [0.1, 0.15) is 12.4 Å². The largest absolute Gasteiger partial charge is 0.327 e. The zero-order valence-electron chi connectivity index (χ0n) is 14.7. The van der Waals surface area contributed by atoms with Crippen molar-refractivity contribution in [2.75, 3.05) is 16.2 Å². The number of aromatic nitrogens is 2. The Labute approximate surface area is 161 Å². The SMILES string of the molecule is O=C(Cn1cnc(S(=O)(=O)N2CCc3ccccc32)c1)Nc1ccc(F)cc1. The number of benzene rings is 2. The lowest BCUT2D eigenvalue weighted by atomic mass is 10.2. The number of rotatable bonds is 5. The third-order valence-corrected chi connectivity index (χ3v) is 6.16. The third kappa shape index (κ3) is 3.48. The average molecular weight is 400 g/mol. The second-order valence-corrected chi connectivity index (χ2v) is 8.20. The van der Waals surface area contributed by atoms with Crippen molar-refractivity contribution < 1.29 is 17.6 Å². The summed E-state index contributed by atoms with van der Waals surface area (Å²) in [6, 6.07) is 12.7. The van der Waals surface area contributed by atoms with Gasteiger partial charge in [0.15, 0.2) is 5.03 Å². The Morgan fingerprint density at radius 3 is 2.68 bits per heavy atom. The van der Waals surface area contributed by atoms with Gasteiger partial charge in [0, 0.05) is 18.4 Å². The number of hydrogen-bond acceptors (Lipinski definition) is 4. The molecule has 9 heteroatoms. The van der Waals surface area contributed by atoms with Gasteiger partial charge < -0.3 is 9.88 Å². The fourth-order valence-corrected chi connectivity index (χ4v) is 4.57. The van der Waals surface area contributed by atoms with Crippen molar-refractivity contribution in [3.8, 4) is 0 Å². The second-order valence-electron chi connectivity index (χ2n) is 6.40. The monoisotopic (exact) mass is 400 g/mol. The lowest BCUT2D eigenvalue weighted by Gasteiger charge is -2.17. The Kier molecular flexibility index (Phi) is 4.60. The molecule has 1 aliphatic rings. The summed E-state index contributed by atoms with van der Waals surface area (Å²) in [5.41, 5.74) is 2.09. The number of anilines is 2. The molecule has 0 aliphatic carbocycles. The molecule has 0 saturated heterocycles. The maximum atomic E-state index is 12.9. The van der Waals surface area contributed by atoms with Gasteiger partial charge in [-0.25, -0.2) is 9.37 Å². The van der Waals surface area contributed by atoms with Gasteiger partial charge in [-0.1, -0.05) is 18.2 Å². The fourth-order valence-electron chi connectivity index (χ4n) is 3.13. The summed E-state index contributed by atoms with van der Waals surface area (Å²) in [5.74, 6) is -0.773. The summed E-state index contributed by atoms with van der Waals surface area (Å²) >= 11 is 0. The lowest BCUT2D eigenvalue weighted by Crippen LogP contribution is -2.29. The van der Waals surface area contributed by atoms with E-state index in [1.54, 1.807) is 12.1 Å². The lowest BCUT2D eigenvalue weighted by molar-refractivity contribution is -0.116. The summed E-state index contributed by atoms with van der Waals surface area (Å²) in [6.45, 7) is 0.246. The van der Waals surface area contributed by atoms with Gasteiger partial charge in [0.25, 0.3) is 10.0 Å². The van der Waals surface area contributed by atoms with Crippen LogP contribution in [0.3, 0.4) is 0 Å². The van der Waals surface area contributed by atoms with Crippen LogP contribution in [0.5, 0.6) is 0 Å². The van der Waals surface area contributed by atoms with E-state index in [9.17, 15) is 17.6 Å². The van der Waals surface area contributed by atoms with Gasteiger partial charge in [-0.05, 0) is 42.3 Å². The van der Waals surface area contributed by atoms with E-state index in [4.69, 9.17) is 0 Å². The molecule has 0 radical (unpaired) electrons. The van der Waals surface area contributed by atoms with Crippen LogP contribution in [-0.2, 0) is 27.8 Å². The molecule has 0 atom stereocenters. The van der Waals surface area contributed by atoms with Gasteiger partial charge in [-0.2, -0.15) is 8.42 Å². The predicted octanol–water partition coefficient (Wildman–Crippen LogP) is 2.41. The minimum Gasteiger partial charge on any atom is -0.327 e. The van der Waals surface area contributed by atoms with Crippen LogP contribution in [-0.4, -0.2) is 30.4 Å². The number of nitrogens with one attached hydrogen (secondary N) is 1. The fraction of sp³-hybridized carbons (Fsp3) is 0.158. The number of carbonyl (C=O) groups is 1. The second kappa shape index (κ2) is 7.08. The van der Waals surface area contributed by atoms with Crippen molar-refractivity contribution in [1.29, 1.82) is 0 Å². The molecule has 7 nitrogen and oxygen atoms in total. The summed E-state index contributed by atoms with van der Waals surface area (Å²) in [5, 5.41) is 2.51. The molecule has 0 saturated carbocycles. The topological polar surface area (TPSA) is 84.3 Å². The van der Waals surface area contributed by atoms with E-state index in [1.165, 1.54) is 45.7 Å². The highest BCUT2D eigenvalue weighted by molar-refractivity contribution is 7.92. The van der Waals surface area contributed by atoms with Crippen LogP contribution in [0.15, 0.2) is 66.1 Å². The molecule has 4 rings (SSSR count). The number of amides is 1. The Morgan fingerprint density at radius 2 is 1.89 bits per heavy atom. The molecule has 2 aromatic carbocycles. The van der Waals surface area contributed by atoms with Crippen LogP contribution in [0.25, 0.3) is 0 Å². The number of carbonyl (C=O) groups excluding carboxylic acids is 1. The summed E-state index contributed by atoms with van der Waals surface area (Å²) < 4.78 is 41.5. The zero-order valence-corrected chi connectivity index (χ0v) is 15.6. The maximum Gasteiger partial charge on any atom is 0.283 e. The minimum absolute atomic E-state index is 0.112. The van der Waals surface area contributed by atoms with Crippen molar-refractivity contribution in [1.82, 2.24) is 9.55 Å². The average Bonchev–Trinajstić information content (AvgIpc) is 3.31. The summed E-state index contributed by atoms with van der Waals surface area (Å²) in [6.07, 6.45) is 3.29. The van der Waals surface area contributed by atoms with Crippen LogP contribution in [0.4, 0.5) is 15.8 Å². The Hall–Kier alpha value is -3.20. The Bertz CT molecular complexity index is 1130. The van der Waals surface area contributed by atoms with Gasteiger partial charge in [-0.15, -0.1) is 0 Å². The molecule has 2 heterocycles. The highest BCUT2D eigenvalue weighted by Crippen LogP contribution is 2.32. The van der Waals surface area contributed by atoms with E-state index in [1.807, 2.05) is 12.1 Å². The van der Waals surface area contributed by atoms with Gasteiger partial charge in [-0.3, -0.25) is 9.10 Å². The van der Waals surface area contributed by atoms with Crippen molar-refractivity contribution in [2.24, 2.45) is 0 Å². The highest BCUT2D eigenvalue weighted by atomic mass is 32.2. The van der Waals surface area contributed by atoms with Crippen LogP contribution >= 0.6 is 0 Å². The predicted molar refractivity (Wildman–Crippen MR) is 102 cm³/mol. The van der Waals surface area contributed by atoms with Crippen LogP contribution in [0.1, 0.15) is 5.56 Å². The normalized spacial score (nSPS) is 13.4. The number of hydrogen-bond donors (Lipinski definition) is 1. The highest BCUT2D eigenvalue weighted by Gasteiger charge is 2.32. The van der Waals surface area contributed by atoms with Crippen molar-refractivity contribution in [2.45, 2.75) is 18.0 Å². The molecule has 1 aliphatic heterocycles. The Morgan fingerprint density at radius 1 is 1.14 bits per heavy atom. The van der Waals surface area contributed by atoms with E-state index in [0.717, 1.165) is 5.56 Å². The first-order chi connectivity index (χ1) is 13.4. The maximum absolute atomic E-state index is 12.9. The van der Waals surface area contributed by atoms with E-state index >= 15 is 0 Å². The molecule has 0 fully saturated rings.